The van der Waals surface area contributed by atoms with Crippen molar-refractivity contribution in [2.24, 2.45) is 0 Å². The first-order valence-electron chi connectivity index (χ1n) is 8.93. The molecule has 1 aliphatic rings. The number of aryl methyl sites for hydroxylation is 2. The van der Waals surface area contributed by atoms with Crippen molar-refractivity contribution in [1.82, 2.24) is 24.5 Å². The van der Waals surface area contributed by atoms with Crippen LogP contribution in [0.1, 0.15) is 11.1 Å². The van der Waals surface area contributed by atoms with Gasteiger partial charge >= 0.3 is 0 Å². The summed E-state index contributed by atoms with van der Waals surface area (Å²) in [6, 6.07) is 6.02. The summed E-state index contributed by atoms with van der Waals surface area (Å²) in [5.74, 6) is 0. The Balaban J connectivity index is 1.62. The van der Waals surface area contributed by atoms with Crippen LogP contribution in [0.3, 0.4) is 0 Å². The van der Waals surface area contributed by atoms with E-state index >= 15 is 0 Å². The molecule has 1 N–H and O–H groups in total. The van der Waals surface area contributed by atoms with Gasteiger partial charge in [0.1, 0.15) is 19.4 Å². The van der Waals surface area contributed by atoms with Crippen LogP contribution in [0.2, 0.25) is 0 Å². The van der Waals surface area contributed by atoms with E-state index in [9.17, 15) is 4.79 Å². The number of aromatic nitrogens is 5. The Morgan fingerprint density at radius 1 is 1.19 bits per heavy atom. The first-order valence-corrected chi connectivity index (χ1v) is 8.93. The summed E-state index contributed by atoms with van der Waals surface area (Å²) >= 11 is 0. The molecule has 0 unspecified atom stereocenters. The number of ether oxygens (including phenoxy) is 1. The molecule has 8 nitrogen and oxygen atoms in total. The van der Waals surface area contributed by atoms with Gasteiger partial charge in [-0.3, -0.25) is 9.36 Å². The first-order chi connectivity index (χ1) is 12.6. The number of fused-ring (bicyclic) bond motifs is 1. The van der Waals surface area contributed by atoms with E-state index in [1.54, 1.807) is 15.6 Å². The summed E-state index contributed by atoms with van der Waals surface area (Å²) in [6.45, 7) is 9.13. The van der Waals surface area contributed by atoms with Crippen molar-refractivity contribution >= 4 is 11.2 Å². The predicted molar refractivity (Wildman–Crippen MR) is 96.8 cm³/mol. The van der Waals surface area contributed by atoms with Gasteiger partial charge in [0, 0.05) is 0 Å². The summed E-state index contributed by atoms with van der Waals surface area (Å²) < 4.78 is 8.63. The van der Waals surface area contributed by atoms with Crippen molar-refractivity contribution in [3.8, 4) is 5.69 Å². The van der Waals surface area contributed by atoms with E-state index in [2.05, 4.69) is 22.2 Å². The third-order valence-electron chi connectivity index (χ3n) is 5.07. The van der Waals surface area contributed by atoms with Gasteiger partial charge in [0.05, 0.1) is 32.0 Å². The number of quaternary nitrogens is 1. The molecule has 2 aromatic heterocycles. The van der Waals surface area contributed by atoms with Crippen molar-refractivity contribution in [2.45, 2.75) is 20.4 Å². The molecule has 136 valence electrons. The third-order valence-corrected chi connectivity index (χ3v) is 5.07. The predicted octanol–water partition coefficient (Wildman–Crippen LogP) is -0.491. The van der Waals surface area contributed by atoms with Crippen LogP contribution >= 0.6 is 0 Å². The van der Waals surface area contributed by atoms with Crippen molar-refractivity contribution < 1.29 is 9.64 Å². The fourth-order valence-electron chi connectivity index (χ4n) is 3.22. The average Bonchev–Trinajstić information content (AvgIpc) is 3.09. The normalized spacial score (nSPS) is 15.6. The smallest absolute Gasteiger partial charge is 0.283 e. The molecule has 0 saturated carbocycles. The molecule has 1 aliphatic heterocycles. The molecule has 0 bridgehead atoms. The number of hydrogen-bond donors (Lipinski definition) is 1. The first kappa shape index (κ1) is 16.9. The van der Waals surface area contributed by atoms with Gasteiger partial charge in [-0.05, 0) is 37.1 Å². The summed E-state index contributed by atoms with van der Waals surface area (Å²) in [5.41, 5.74) is 3.89. The van der Waals surface area contributed by atoms with Crippen LogP contribution in [0.5, 0.6) is 0 Å². The lowest BCUT2D eigenvalue weighted by molar-refractivity contribution is -0.908. The van der Waals surface area contributed by atoms with Gasteiger partial charge < -0.3 is 9.64 Å². The lowest BCUT2D eigenvalue weighted by atomic mass is 10.1. The molecule has 26 heavy (non-hydrogen) atoms. The zero-order valence-electron chi connectivity index (χ0n) is 15.1. The van der Waals surface area contributed by atoms with Crippen molar-refractivity contribution in [1.29, 1.82) is 0 Å². The van der Waals surface area contributed by atoms with Gasteiger partial charge in [0.15, 0.2) is 11.2 Å². The fourth-order valence-corrected chi connectivity index (χ4v) is 3.22. The number of hydrogen-bond acceptors (Lipinski definition) is 5. The lowest BCUT2D eigenvalue weighted by Gasteiger charge is -2.23. The Morgan fingerprint density at radius 2 is 2.00 bits per heavy atom. The highest BCUT2D eigenvalue weighted by Gasteiger charge is 2.16. The van der Waals surface area contributed by atoms with Gasteiger partial charge in [-0.25, -0.2) is 4.98 Å². The van der Waals surface area contributed by atoms with Crippen LogP contribution in [0, 0.1) is 13.8 Å². The number of morpholine rings is 1. The van der Waals surface area contributed by atoms with Gasteiger partial charge in [0.25, 0.3) is 5.56 Å². The Kier molecular flexibility index (Phi) is 4.52. The molecule has 0 aliphatic carbocycles. The molecule has 8 heteroatoms. The summed E-state index contributed by atoms with van der Waals surface area (Å²) in [7, 11) is 0. The van der Waals surface area contributed by atoms with Gasteiger partial charge in [-0.1, -0.05) is 11.3 Å². The molecular weight excluding hydrogens is 332 g/mol. The molecule has 0 radical (unpaired) electrons. The standard InChI is InChI=1S/C18H22N6O2/c1-13-3-4-15(11-14(13)2)24-17-16(20-21-24)18(25)23(12-19-17)6-5-22-7-9-26-10-8-22/h3-4,11-12H,5-10H2,1-2H3/p+1. The quantitative estimate of drug-likeness (QED) is 0.683. The molecule has 0 amide bonds. The minimum Gasteiger partial charge on any atom is -0.370 e. The van der Waals surface area contributed by atoms with Crippen molar-refractivity contribution in [3.05, 3.63) is 46.0 Å². The zero-order chi connectivity index (χ0) is 18.1. The van der Waals surface area contributed by atoms with E-state index < -0.39 is 0 Å². The second-order valence-corrected chi connectivity index (χ2v) is 6.80. The van der Waals surface area contributed by atoms with E-state index in [4.69, 9.17) is 4.74 Å². The van der Waals surface area contributed by atoms with Crippen LogP contribution in [0.25, 0.3) is 16.9 Å². The topological polar surface area (TPSA) is 79.3 Å². The van der Waals surface area contributed by atoms with Crippen LogP contribution in [-0.2, 0) is 11.3 Å². The number of rotatable bonds is 4. The summed E-state index contributed by atoms with van der Waals surface area (Å²) in [6.07, 6.45) is 1.60. The SMILES string of the molecule is Cc1ccc(-n2nnc3c(=O)n(CC[NH+]4CCOCC4)cnc32)cc1C. The highest BCUT2D eigenvalue weighted by molar-refractivity contribution is 5.70. The molecule has 1 fully saturated rings. The number of nitrogens with one attached hydrogen (secondary N) is 1. The molecule has 1 aromatic carbocycles. The highest BCUT2D eigenvalue weighted by atomic mass is 16.5. The van der Waals surface area contributed by atoms with Crippen LogP contribution in [-0.4, -0.2) is 57.4 Å². The average molecular weight is 355 g/mol. The Bertz CT molecular complexity index is 987. The molecule has 3 heterocycles. The second kappa shape index (κ2) is 6.97. The van der Waals surface area contributed by atoms with E-state index in [1.807, 2.05) is 25.1 Å². The molecular formula is C18H23N6O2+. The molecule has 1 saturated heterocycles. The minimum atomic E-state index is -0.141. The molecule has 3 aromatic rings. The van der Waals surface area contributed by atoms with Gasteiger partial charge in [0.2, 0.25) is 0 Å². The van der Waals surface area contributed by atoms with Crippen LogP contribution in [0.4, 0.5) is 0 Å². The maximum absolute atomic E-state index is 12.7. The summed E-state index contributed by atoms with van der Waals surface area (Å²) in [4.78, 5) is 18.6. The van der Waals surface area contributed by atoms with E-state index in [0.29, 0.717) is 17.7 Å². The van der Waals surface area contributed by atoms with E-state index in [1.165, 1.54) is 10.5 Å². The lowest BCUT2D eigenvalue weighted by Crippen LogP contribution is -3.14. The Hall–Kier alpha value is -2.58. The summed E-state index contributed by atoms with van der Waals surface area (Å²) in [5, 5.41) is 8.25. The van der Waals surface area contributed by atoms with E-state index in [-0.39, 0.29) is 5.56 Å². The van der Waals surface area contributed by atoms with Crippen LogP contribution in [0.15, 0.2) is 29.3 Å². The maximum atomic E-state index is 12.7. The van der Waals surface area contributed by atoms with E-state index in [0.717, 1.165) is 44.1 Å². The second-order valence-electron chi connectivity index (χ2n) is 6.80. The Morgan fingerprint density at radius 3 is 2.77 bits per heavy atom. The number of nitrogens with zero attached hydrogens (tertiary/aromatic N) is 5. The molecule has 0 atom stereocenters. The van der Waals surface area contributed by atoms with Crippen LogP contribution < -0.4 is 10.5 Å². The zero-order valence-corrected chi connectivity index (χ0v) is 15.1. The highest BCUT2D eigenvalue weighted by Crippen LogP contribution is 2.15. The monoisotopic (exact) mass is 355 g/mol. The van der Waals surface area contributed by atoms with Gasteiger partial charge in [-0.15, -0.1) is 5.10 Å². The third kappa shape index (κ3) is 3.13. The minimum absolute atomic E-state index is 0.141. The molecule has 0 spiro atoms. The number of benzene rings is 1. The fraction of sp³-hybridized carbons (Fsp3) is 0.444. The largest absolute Gasteiger partial charge is 0.370 e. The van der Waals surface area contributed by atoms with Gasteiger partial charge in [-0.2, -0.15) is 4.68 Å². The van der Waals surface area contributed by atoms with Crippen molar-refractivity contribution in [3.63, 3.8) is 0 Å². The maximum Gasteiger partial charge on any atom is 0.283 e. The Labute approximate surface area is 151 Å². The molecule has 4 rings (SSSR count). The van der Waals surface area contributed by atoms with Crippen molar-refractivity contribution in [2.75, 3.05) is 32.8 Å².